The van der Waals surface area contributed by atoms with Crippen LogP contribution in [0.25, 0.3) is 0 Å². The van der Waals surface area contributed by atoms with E-state index in [4.69, 9.17) is 9.47 Å². The lowest BCUT2D eigenvalue weighted by molar-refractivity contribution is 0.174. The summed E-state index contributed by atoms with van der Waals surface area (Å²) in [7, 11) is 0. The highest BCUT2D eigenvalue weighted by molar-refractivity contribution is 9.10. The molecule has 2 aliphatic heterocycles. The van der Waals surface area contributed by atoms with Crippen LogP contribution in [0, 0.1) is 0 Å². The summed E-state index contributed by atoms with van der Waals surface area (Å²) >= 11 is 3.53. The van der Waals surface area contributed by atoms with Gasteiger partial charge >= 0.3 is 0 Å². The molecular formula is C21H20BrN7O2. The molecule has 0 bridgehead atoms. The molecule has 2 aliphatic rings. The van der Waals surface area contributed by atoms with Gasteiger partial charge in [-0.3, -0.25) is 0 Å². The van der Waals surface area contributed by atoms with E-state index in [2.05, 4.69) is 51.6 Å². The molecule has 158 valence electrons. The number of para-hydroxylation sites is 1. The molecule has 1 aromatic heterocycles. The average molecular weight is 482 g/mol. The number of fused-ring (bicyclic) bond motifs is 1. The monoisotopic (exact) mass is 481 g/mol. The first-order chi connectivity index (χ1) is 15.2. The van der Waals surface area contributed by atoms with Gasteiger partial charge in [-0.25, -0.2) is 5.43 Å². The van der Waals surface area contributed by atoms with Gasteiger partial charge in [0.25, 0.3) is 0 Å². The molecule has 3 aromatic rings. The quantitative estimate of drug-likeness (QED) is 0.400. The van der Waals surface area contributed by atoms with E-state index in [1.54, 1.807) is 6.21 Å². The molecule has 0 saturated carbocycles. The minimum Gasteiger partial charge on any atom is -0.454 e. The van der Waals surface area contributed by atoms with Gasteiger partial charge in [-0.1, -0.05) is 18.2 Å². The van der Waals surface area contributed by atoms with Crippen LogP contribution in [-0.4, -0.2) is 41.0 Å². The highest BCUT2D eigenvalue weighted by Gasteiger charge is 2.18. The van der Waals surface area contributed by atoms with Gasteiger partial charge in [-0.05, 0) is 53.0 Å². The molecule has 0 radical (unpaired) electrons. The third-order valence-corrected chi connectivity index (χ3v) is 5.59. The van der Waals surface area contributed by atoms with Gasteiger partial charge in [0.15, 0.2) is 11.5 Å². The number of nitrogens with one attached hydrogen (secondary N) is 2. The number of nitrogens with zero attached hydrogens (tertiary/aromatic N) is 5. The number of ether oxygens (including phenoxy) is 2. The van der Waals surface area contributed by atoms with Crippen LogP contribution >= 0.6 is 15.9 Å². The van der Waals surface area contributed by atoms with Gasteiger partial charge in [0.2, 0.25) is 24.6 Å². The van der Waals surface area contributed by atoms with Crippen molar-refractivity contribution in [2.24, 2.45) is 5.10 Å². The molecule has 0 unspecified atom stereocenters. The maximum atomic E-state index is 5.43. The summed E-state index contributed by atoms with van der Waals surface area (Å²) in [6.07, 6.45) is 3.94. The number of benzene rings is 2. The summed E-state index contributed by atoms with van der Waals surface area (Å²) in [4.78, 5) is 15.8. The highest BCUT2D eigenvalue weighted by atomic mass is 79.9. The summed E-state index contributed by atoms with van der Waals surface area (Å²) in [6, 6.07) is 13.5. The predicted octanol–water partition coefficient (Wildman–Crippen LogP) is 4.15. The number of rotatable bonds is 6. The molecule has 1 saturated heterocycles. The van der Waals surface area contributed by atoms with Gasteiger partial charge in [-0.15, -0.1) is 0 Å². The third kappa shape index (κ3) is 4.53. The Kier molecular flexibility index (Phi) is 5.53. The minimum atomic E-state index is 0.224. The van der Waals surface area contributed by atoms with Crippen molar-refractivity contribution in [2.45, 2.75) is 12.8 Å². The summed E-state index contributed by atoms with van der Waals surface area (Å²) in [5.41, 5.74) is 4.67. The zero-order chi connectivity index (χ0) is 21.0. The maximum Gasteiger partial charge on any atom is 0.250 e. The van der Waals surface area contributed by atoms with E-state index < -0.39 is 0 Å². The smallest absolute Gasteiger partial charge is 0.250 e. The lowest BCUT2D eigenvalue weighted by Crippen LogP contribution is -2.21. The second kappa shape index (κ2) is 8.76. The molecule has 3 heterocycles. The molecule has 1 fully saturated rings. The molecule has 10 heteroatoms. The van der Waals surface area contributed by atoms with Crippen molar-refractivity contribution in [3.63, 3.8) is 0 Å². The number of halogens is 1. The van der Waals surface area contributed by atoms with Crippen LogP contribution in [0.2, 0.25) is 0 Å². The van der Waals surface area contributed by atoms with Crippen molar-refractivity contribution in [1.82, 2.24) is 15.0 Å². The zero-order valence-corrected chi connectivity index (χ0v) is 18.2. The van der Waals surface area contributed by atoms with Crippen LogP contribution < -0.4 is 25.1 Å². The first kappa shape index (κ1) is 19.6. The molecular weight excluding hydrogens is 462 g/mol. The van der Waals surface area contributed by atoms with E-state index in [1.165, 1.54) is 0 Å². The van der Waals surface area contributed by atoms with Gasteiger partial charge in [0.1, 0.15) is 0 Å². The Morgan fingerprint density at radius 1 is 0.968 bits per heavy atom. The fourth-order valence-corrected chi connectivity index (χ4v) is 3.80. The van der Waals surface area contributed by atoms with Crippen molar-refractivity contribution < 1.29 is 9.47 Å². The van der Waals surface area contributed by atoms with Crippen LogP contribution in [0.5, 0.6) is 11.5 Å². The number of hydrogen-bond donors (Lipinski definition) is 2. The Bertz CT molecular complexity index is 1100. The standard InChI is InChI=1S/C21H20BrN7O2/c22-16-11-18-17(30-13-31-18)10-14(16)12-23-28-20-25-19(24-15-6-2-1-3-7-15)26-21(27-20)29-8-4-5-9-29/h1-3,6-7,10-12H,4-5,8-9,13H2,(H2,24,25,26,27,28). The highest BCUT2D eigenvalue weighted by Crippen LogP contribution is 2.36. The molecule has 31 heavy (non-hydrogen) atoms. The Hall–Kier alpha value is -3.40. The maximum absolute atomic E-state index is 5.43. The lowest BCUT2D eigenvalue weighted by atomic mass is 10.2. The van der Waals surface area contributed by atoms with Crippen molar-refractivity contribution in [1.29, 1.82) is 0 Å². The second-order valence-corrected chi connectivity index (χ2v) is 7.92. The molecule has 0 atom stereocenters. The molecule has 5 rings (SSSR count). The Balaban J connectivity index is 1.38. The third-order valence-electron chi connectivity index (χ3n) is 4.90. The van der Waals surface area contributed by atoms with Crippen LogP contribution in [-0.2, 0) is 0 Å². The molecule has 2 aromatic carbocycles. The van der Waals surface area contributed by atoms with Crippen molar-refractivity contribution in [3.05, 3.63) is 52.5 Å². The second-order valence-electron chi connectivity index (χ2n) is 7.06. The van der Waals surface area contributed by atoms with Crippen molar-refractivity contribution >= 4 is 45.7 Å². The lowest BCUT2D eigenvalue weighted by Gasteiger charge is -2.16. The molecule has 0 spiro atoms. The molecule has 0 amide bonds. The van der Waals surface area contributed by atoms with E-state index in [1.807, 2.05) is 42.5 Å². The van der Waals surface area contributed by atoms with E-state index in [0.29, 0.717) is 29.3 Å². The fraction of sp³-hybridized carbons (Fsp3) is 0.238. The molecule has 2 N–H and O–H groups in total. The number of hydrogen-bond acceptors (Lipinski definition) is 9. The van der Waals surface area contributed by atoms with Gasteiger partial charge in [-0.2, -0.15) is 20.1 Å². The van der Waals surface area contributed by atoms with E-state index in [9.17, 15) is 0 Å². The Morgan fingerprint density at radius 2 is 1.71 bits per heavy atom. The number of hydrazone groups is 1. The molecule has 9 nitrogen and oxygen atoms in total. The topological polar surface area (TPSA) is 96.8 Å². The summed E-state index contributed by atoms with van der Waals surface area (Å²) < 4.78 is 11.7. The molecule has 0 aliphatic carbocycles. The van der Waals surface area contributed by atoms with Gasteiger partial charge in [0, 0.05) is 28.8 Å². The van der Waals surface area contributed by atoms with Crippen molar-refractivity contribution in [3.8, 4) is 11.5 Å². The first-order valence-electron chi connectivity index (χ1n) is 9.96. The van der Waals surface area contributed by atoms with E-state index >= 15 is 0 Å². The summed E-state index contributed by atoms with van der Waals surface area (Å²) in [5.74, 6) is 2.86. The SMILES string of the molecule is Brc1cc2c(cc1C=NNc1nc(Nc3ccccc3)nc(N3CCCC3)n1)OCO2. The fourth-order valence-electron chi connectivity index (χ4n) is 3.37. The average Bonchev–Trinajstić information content (AvgIpc) is 3.46. The van der Waals surface area contributed by atoms with E-state index in [0.717, 1.165) is 41.7 Å². The summed E-state index contributed by atoms with van der Waals surface area (Å²) in [6.45, 7) is 2.09. The van der Waals surface area contributed by atoms with Gasteiger partial charge in [0.05, 0.1) is 6.21 Å². The Labute approximate surface area is 187 Å². The largest absolute Gasteiger partial charge is 0.454 e. The predicted molar refractivity (Wildman–Crippen MR) is 122 cm³/mol. The summed E-state index contributed by atoms with van der Waals surface area (Å²) in [5, 5.41) is 7.55. The van der Waals surface area contributed by atoms with Crippen LogP contribution in [0.15, 0.2) is 52.0 Å². The minimum absolute atomic E-state index is 0.224. The van der Waals surface area contributed by atoms with Crippen LogP contribution in [0.4, 0.5) is 23.5 Å². The number of anilines is 4. The number of aromatic nitrogens is 3. The van der Waals surface area contributed by atoms with Crippen molar-refractivity contribution in [2.75, 3.05) is 35.5 Å². The first-order valence-corrected chi connectivity index (χ1v) is 10.8. The van der Waals surface area contributed by atoms with Gasteiger partial charge < -0.3 is 19.7 Å². The Morgan fingerprint density at radius 3 is 2.52 bits per heavy atom. The van der Waals surface area contributed by atoms with Crippen LogP contribution in [0.3, 0.4) is 0 Å². The zero-order valence-electron chi connectivity index (χ0n) is 16.6. The normalized spacial score (nSPS) is 14.9. The van der Waals surface area contributed by atoms with E-state index in [-0.39, 0.29) is 6.79 Å². The van der Waals surface area contributed by atoms with Crippen LogP contribution in [0.1, 0.15) is 18.4 Å².